The third kappa shape index (κ3) is 3.95. The Bertz CT molecular complexity index is 391. The monoisotopic (exact) mass is 255 g/mol. The van der Waals surface area contributed by atoms with E-state index in [1.165, 1.54) is 0 Å². The predicted octanol–water partition coefficient (Wildman–Crippen LogP) is 3.02. The minimum Gasteiger partial charge on any atom is -0.493 e. The molecule has 0 saturated carbocycles. The maximum atomic E-state index is 6.02. The molecule has 0 aliphatic heterocycles. The highest BCUT2D eigenvalue weighted by Gasteiger charge is 2.11. The zero-order chi connectivity index (χ0) is 12.7. The van der Waals surface area contributed by atoms with E-state index >= 15 is 0 Å². The van der Waals surface area contributed by atoms with Crippen LogP contribution in [0.3, 0.4) is 0 Å². The van der Waals surface area contributed by atoms with E-state index in [9.17, 15) is 0 Å². The first-order valence-corrected chi connectivity index (χ1v) is 5.85. The normalized spacial score (nSPS) is 10.8. The zero-order valence-electron chi connectivity index (χ0n) is 10.4. The van der Waals surface area contributed by atoms with Crippen molar-refractivity contribution in [3.8, 4) is 11.5 Å². The van der Waals surface area contributed by atoms with Gasteiger partial charge in [-0.25, -0.2) is 0 Å². The van der Waals surface area contributed by atoms with Gasteiger partial charge in [-0.05, 0) is 20.0 Å². The van der Waals surface area contributed by atoms with Gasteiger partial charge in [-0.1, -0.05) is 23.8 Å². The summed E-state index contributed by atoms with van der Waals surface area (Å²) < 4.78 is 11.0. The van der Waals surface area contributed by atoms with Crippen molar-refractivity contribution in [2.24, 2.45) is 0 Å². The number of benzene rings is 1. The summed E-state index contributed by atoms with van der Waals surface area (Å²) in [7, 11) is 3.49. The zero-order valence-corrected chi connectivity index (χ0v) is 11.2. The van der Waals surface area contributed by atoms with Crippen molar-refractivity contribution in [2.45, 2.75) is 13.5 Å². The highest BCUT2D eigenvalue weighted by molar-refractivity contribution is 6.30. The topological polar surface area (TPSA) is 30.5 Å². The van der Waals surface area contributed by atoms with Crippen LogP contribution in [0.4, 0.5) is 0 Å². The molecule has 0 unspecified atom stereocenters. The molecule has 4 heteroatoms. The lowest BCUT2D eigenvalue weighted by Gasteiger charge is -2.14. The van der Waals surface area contributed by atoms with Gasteiger partial charge < -0.3 is 14.8 Å². The predicted molar refractivity (Wildman–Crippen MR) is 71.1 cm³/mol. The Labute approximate surface area is 107 Å². The van der Waals surface area contributed by atoms with Gasteiger partial charge in [0, 0.05) is 23.2 Å². The molecule has 0 spiro atoms. The molecular formula is C13H18ClNO2. The van der Waals surface area contributed by atoms with E-state index in [0.717, 1.165) is 11.3 Å². The molecule has 0 radical (unpaired) electrons. The number of allylic oxidation sites excluding steroid dienone is 1. The van der Waals surface area contributed by atoms with Gasteiger partial charge in [0.2, 0.25) is 0 Å². The Hall–Kier alpha value is -1.19. The van der Waals surface area contributed by atoms with Gasteiger partial charge >= 0.3 is 0 Å². The molecule has 0 heterocycles. The number of hydrogen-bond donors (Lipinski definition) is 1. The molecule has 1 rings (SSSR count). The molecule has 3 nitrogen and oxygen atoms in total. The molecule has 0 saturated heterocycles. The molecule has 0 aromatic heterocycles. The molecule has 0 amide bonds. The number of hydrogen-bond acceptors (Lipinski definition) is 3. The summed E-state index contributed by atoms with van der Waals surface area (Å²) in [5.41, 5.74) is 0.987. The van der Waals surface area contributed by atoms with Crippen LogP contribution in [0.15, 0.2) is 24.3 Å². The molecule has 94 valence electrons. The molecule has 17 heavy (non-hydrogen) atoms. The van der Waals surface area contributed by atoms with E-state index in [1.807, 2.05) is 32.2 Å². The lowest BCUT2D eigenvalue weighted by Crippen LogP contribution is -2.08. The third-order valence-corrected chi connectivity index (χ3v) is 2.46. The second-order valence-corrected chi connectivity index (χ2v) is 3.94. The van der Waals surface area contributed by atoms with E-state index in [0.29, 0.717) is 23.9 Å². The molecule has 0 aliphatic carbocycles. The highest BCUT2D eigenvalue weighted by Crippen LogP contribution is 2.34. The smallest absolute Gasteiger partial charge is 0.166 e. The summed E-state index contributed by atoms with van der Waals surface area (Å²) >= 11 is 6.02. The summed E-state index contributed by atoms with van der Waals surface area (Å²) in [6.07, 6.45) is 3.89. The first-order chi connectivity index (χ1) is 8.22. The van der Waals surface area contributed by atoms with Crippen molar-refractivity contribution in [3.63, 3.8) is 0 Å². The minimum absolute atomic E-state index is 0.519. The van der Waals surface area contributed by atoms with Gasteiger partial charge in [-0.2, -0.15) is 0 Å². The Morgan fingerprint density at radius 1 is 1.41 bits per heavy atom. The summed E-state index contributed by atoms with van der Waals surface area (Å²) in [5, 5.41) is 3.73. The number of rotatable bonds is 6. The van der Waals surface area contributed by atoms with Crippen molar-refractivity contribution in [1.29, 1.82) is 0 Å². The fourth-order valence-corrected chi connectivity index (χ4v) is 1.72. The Kier molecular flexibility index (Phi) is 5.87. The first-order valence-electron chi connectivity index (χ1n) is 5.47. The minimum atomic E-state index is 0.519. The fourth-order valence-electron chi connectivity index (χ4n) is 1.49. The van der Waals surface area contributed by atoms with Crippen LogP contribution >= 0.6 is 11.6 Å². The molecule has 0 fully saturated rings. The van der Waals surface area contributed by atoms with Crippen LogP contribution in [0.25, 0.3) is 0 Å². The number of halogens is 1. The number of nitrogens with one attached hydrogen (secondary N) is 1. The van der Waals surface area contributed by atoms with Crippen LogP contribution in [-0.2, 0) is 6.54 Å². The Morgan fingerprint density at radius 3 is 2.76 bits per heavy atom. The van der Waals surface area contributed by atoms with Gasteiger partial charge in [-0.3, -0.25) is 0 Å². The lowest BCUT2D eigenvalue weighted by molar-refractivity contribution is 0.322. The van der Waals surface area contributed by atoms with Crippen LogP contribution in [0.5, 0.6) is 11.5 Å². The van der Waals surface area contributed by atoms with E-state index in [1.54, 1.807) is 13.2 Å². The Morgan fingerprint density at radius 2 is 2.18 bits per heavy atom. The summed E-state index contributed by atoms with van der Waals surface area (Å²) in [6.45, 7) is 3.16. The van der Waals surface area contributed by atoms with Gasteiger partial charge in [0.05, 0.1) is 7.11 Å². The van der Waals surface area contributed by atoms with Crippen LogP contribution in [0.1, 0.15) is 12.5 Å². The summed E-state index contributed by atoms with van der Waals surface area (Å²) in [5.74, 6) is 1.40. The molecular weight excluding hydrogens is 238 g/mol. The SMILES string of the molecule is C/C=C/COc1c(CNC)cc(Cl)cc1OC. The van der Waals surface area contributed by atoms with Crippen molar-refractivity contribution < 1.29 is 9.47 Å². The second kappa shape index (κ2) is 7.20. The molecule has 0 aliphatic rings. The van der Waals surface area contributed by atoms with Crippen molar-refractivity contribution in [1.82, 2.24) is 5.32 Å². The van der Waals surface area contributed by atoms with Crippen molar-refractivity contribution in [3.05, 3.63) is 34.9 Å². The van der Waals surface area contributed by atoms with Crippen LogP contribution in [0.2, 0.25) is 5.02 Å². The fraction of sp³-hybridized carbons (Fsp3) is 0.385. The van der Waals surface area contributed by atoms with Gasteiger partial charge in [0.15, 0.2) is 11.5 Å². The maximum absolute atomic E-state index is 6.02. The van der Waals surface area contributed by atoms with Gasteiger partial charge in [-0.15, -0.1) is 0 Å². The molecule has 1 aromatic rings. The average molecular weight is 256 g/mol. The lowest BCUT2D eigenvalue weighted by atomic mass is 10.2. The molecule has 0 atom stereocenters. The molecule has 1 N–H and O–H groups in total. The second-order valence-electron chi connectivity index (χ2n) is 3.51. The number of ether oxygens (including phenoxy) is 2. The van der Waals surface area contributed by atoms with Crippen LogP contribution < -0.4 is 14.8 Å². The quantitative estimate of drug-likeness (QED) is 0.793. The first kappa shape index (κ1) is 13.9. The average Bonchev–Trinajstić information content (AvgIpc) is 2.31. The highest BCUT2D eigenvalue weighted by atomic mass is 35.5. The van der Waals surface area contributed by atoms with Crippen molar-refractivity contribution in [2.75, 3.05) is 20.8 Å². The van der Waals surface area contributed by atoms with Gasteiger partial charge in [0.25, 0.3) is 0 Å². The maximum Gasteiger partial charge on any atom is 0.166 e. The van der Waals surface area contributed by atoms with E-state index in [2.05, 4.69) is 5.32 Å². The van der Waals surface area contributed by atoms with Crippen LogP contribution in [0, 0.1) is 0 Å². The Balaban J connectivity index is 3.02. The largest absolute Gasteiger partial charge is 0.493 e. The standard InChI is InChI=1S/C13H18ClNO2/c1-4-5-6-17-13-10(9-15-2)7-11(14)8-12(13)16-3/h4-5,7-8,15H,6,9H2,1-3H3/b5-4+. The van der Waals surface area contributed by atoms with E-state index in [4.69, 9.17) is 21.1 Å². The van der Waals surface area contributed by atoms with Crippen molar-refractivity contribution >= 4 is 11.6 Å². The van der Waals surface area contributed by atoms with E-state index in [-0.39, 0.29) is 0 Å². The van der Waals surface area contributed by atoms with Crippen LogP contribution in [-0.4, -0.2) is 20.8 Å². The summed E-state index contributed by atoms with van der Waals surface area (Å²) in [6, 6.07) is 3.64. The molecule has 1 aromatic carbocycles. The molecule has 0 bridgehead atoms. The number of methoxy groups -OCH3 is 1. The third-order valence-electron chi connectivity index (χ3n) is 2.24. The van der Waals surface area contributed by atoms with E-state index < -0.39 is 0 Å². The summed E-state index contributed by atoms with van der Waals surface area (Å²) in [4.78, 5) is 0. The van der Waals surface area contributed by atoms with Gasteiger partial charge in [0.1, 0.15) is 6.61 Å².